The molecule has 0 unspecified atom stereocenters. The van der Waals surface area contributed by atoms with Crippen molar-refractivity contribution in [2.45, 2.75) is 19.8 Å². The number of aromatic nitrogens is 2. The van der Waals surface area contributed by atoms with Crippen molar-refractivity contribution >= 4 is 28.5 Å². The van der Waals surface area contributed by atoms with E-state index < -0.39 is 11.9 Å². The van der Waals surface area contributed by atoms with Crippen molar-refractivity contribution in [1.82, 2.24) is 15.1 Å². The number of likely N-dealkylation sites (tertiary alicyclic amines) is 1. The monoisotopic (exact) mass is 364 g/mol. The Labute approximate surface area is 147 Å². The zero-order valence-corrected chi connectivity index (χ0v) is 14.3. The largest absolute Gasteiger partial charge is 0.481 e. The fraction of sp³-hybridized carbons (Fsp3) is 0.375. The molecule has 9 heteroatoms. The molecule has 1 aromatic heterocycles. The molecule has 1 aromatic carbocycles. The smallest absolute Gasteiger partial charge is 0.323 e. The van der Waals surface area contributed by atoms with Crippen LogP contribution in [0.15, 0.2) is 18.2 Å². The van der Waals surface area contributed by atoms with E-state index in [9.17, 15) is 14.0 Å². The molecule has 1 saturated heterocycles. The molecule has 0 radical (unpaired) electrons. The van der Waals surface area contributed by atoms with E-state index in [4.69, 9.17) is 5.11 Å². The Morgan fingerprint density at radius 1 is 1.32 bits per heavy atom. The number of piperidine rings is 1. The van der Waals surface area contributed by atoms with Gasteiger partial charge in [-0.15, -0.1) is 10.2 Å². The highest BCUT2D eigenvalue weighted by Crippen LogP contribution is 2.29. The maximum absolute atomic E-state index is 13.4. The highest BCUT2D eigenvalue weighted by Gasteiger charge is 2.27. The van der Waals surface area contributed by atoms with E-state index in [-0.39, 0.29) is 11.8 Å². The maximum Gasteiger partial charge on any atom is 0.323 e. The van der Waals surface area contributed by atoms with Gasteiger partial charge >= 0.3 is 12.0 Å². The third kappa shape index (κ3) is 3.93. The van der Waals surface area contributed by atoms with Crippen LogP contribution in [0.4, 0.5) is 14.3 Å². The van der Waals surface area contributed by atoms with Gasteiger partial charge in [-0.2, -0.15) is 0 Å². The Bertz CT molecular complexity index is 802. The molecule has 1 aliphatic rings. The van der Waals surface area contributed by atoms with Gasteiger partial charge in [0, 0.05) is 18.7 Å². The van der Waals surface area contributed by atoms with Crippen LogP contribution in [0, 0.1) is 18.7 Å². The number of carboxylic acids is 1. The van der Waals surface area contributed by atoms with Crippen molar-refractivity contribution in [3.63, 3.8) is 0 Å². The zero-order valence-electron chi connectivity index (χ0n) is 13.5. The predicted molar refractivity (Wildman–Crippen MR) is 91.0 cm³/mol. The number of aliphatic carboxylic acids is 1. The molecule has 7 nitrogen and oxygen atoms in total. The Morgan fingerprint density at radius 3 is 2.72 bits per heavy atom. The van der Waals surface area contributed by atoms with Crippen molar-refractivity contribution < 1.29 is 19.1 Å². The number of aryl methyl sites for hydroxylation is 1. The summed E-state index contributed by atoms with van der Waals surface area (Å²) in [4.78, 5) is 24.8. The first-order valence-electron chi connectivity index (χ1n) is 7.83. The van der Waals surface area contributed by atoms with Crippen LogP contribution in [0.2, 0.25) is 0 Å². The number of hydrogen-bond acceptors (Lipinski definition) is 5. The van der Waals surface area contributed by atoms with Gasteiger partial charge < -0.3 is 10.0 Å². The fourth-order valence-corrected chi connectivity index (χ4v) is 3.52. The lowest BCUT2D eigenvalue weighted by molar-refractivity contribution is -0.143. The Morgan fingerprint density at radius 2 is 2.04 bits per heavy atom. The molecule has 0 atom stereocenters. The van der Waals surface area contributed by atoms with Crippen molar-refractivity contribution in [3.8, 4) is 10.6 Å². The molecule has 2 heterocycles. The van der Waals surface area contributed by atoms with Gasteiger partial charge in [-0.3, -0.25) is 10.1 Å². The summed E-state index contributed by atoms with van der Waals surface area (Å²) >= 11 is 1.17. The minimum absolute atomic E-state index is 0.323. The van der Waals surface area contributed by atoms with Crippen LogP contribution in [0.25, 0.3) is 10.6 Å². The van der Waals surface area contributed by atoms with E-state index >= 15 is 0 Å². The molecular weight excluding hydrogens is 347 g/mol. The first kappa shape index (κ1) is 17.3. The molecule has 3 rings (SSSR count). The standard InChI is InChI=1S/C16H17FN4O3S/c1-9-2-3-11(17)8-12(9)13-19-20-15(25-13)18-16(24)21-6-4-10(5-7-21)14(22)23/h2-3,8,10H,4-7H2,1H3,(H,22,23)(H,18,20,24). The molecule has 25 heavy (non-hydrogen) atoms. The molecule has 2 N–H and O–H groups in total. The zero-order chi connectivity index (χ0) is 18.0. The van der Waals surface area contributed by atoms with E-state index in [0.717, 1.165) is 5.56 Å². The van der Waals surface area contributed by atoms with Crippen molar-refractivity contribution in [3.05, 3.63) is 29.6 Å². The number of hydrogen-bond donors (Lipinski definition) is 2. The third-order valence-electron chi connectivity index (χ3n) is 4.20. The quantitative estimate of drug-likeness (QED) is 0.873. The molecule has 2 aromatic rings. The highest BCUT2D eigenvalue weighted by atomic mass is 32.1. The van der Waals surface area contributed by atoms with Crippen LogP contribution in [0.5, 0.6) is 0 Å². The lowest BCUT2D eigenvalue weighted by Crippen LogP contribution is -2.42. The van der Waals surface area contributed by atoms with E-state index in [0.29, 0.717) is 41.6 Å². The minimum atomic E-state index is -0.820. The lowest BCUT2D eigenvalue weighted by atomic mass is 9.97. The normalized spacial score (nSPS) is 15.2. The lowest BCUT2D eigenvalue weighted by Gasteiger charge is -2.29. The number of anilines is 1. The van der Waals surface area contributed by atoms with Crippen LogP contribution >= 0.6 is 11.3 Å². The Balaban J connectivity index is 1.65. The molecule has 1 aliphatic heterocycles. The summed E-state index contributed by atoms with van der Waals surface area (Å²) in [7, 11) is 0. The Kier molecular flexibility index (Phi) is 4.93. The maximum atomic E-state index is 13.4. The van der Waals surface area contributed by atoms with Gasteiger partial charge in [0.25, 0.3) is 0 Å². The predicted octanol–water partition coefficient (Wildman–Crippen LogP) is 2.98. The Hall–Kier alpha value is -2.55. The number of carboxylic acid groups (broad SMARTS) is 1. The van der Waals surface area contributed by atoms with Gasteiger partial charge in [-0.1, -0.05) is 17.4 Å². The van der Waals surface area contributed by atoms with E-state index in [1.54, 1.807) is 11.0 Å². The summed E-state index contributed by atoms with van der Waals surface area (Å²) in [6.07, 6.45) is 0.874. The summed E-state index contributed by atoms with van der Waals surface area (Å²) in [6, 6.07) is 4.10. The first-order chi connectivity index (χ1) is 11.9. The minimum Gasteiger partial charge on any atom is -0.481 e. The van der Waals surface area contributed by atoms with Crippen LogP contribution in [0.1, 0.15) is 18.4 Å². The van der Waals surface area contributed by atoms with Gasteiger partial charge in [0.1, 0.15) is 10.8 Å². The number of rotatable bonds is 3. The number of nitrogens with one attached hydrogen (secondary N) is 1. The van der Waals surface area contributed by atoms with Gasteiger partial charge in [0.05, 0.1) is 5.92 Å². The van der Waals surface area contributed by atoms with Crippen LogP contribution < -0.4 is 5.32 Å². The van der Waals surface area contributed by atoms with Crippen molar-refractivity contribution in [1.29, 1.82) is 0 Å². The number of halogens is 1. The average molecular weight is 364 g/mol. The number of urea groups is 1. The molecule has 2 amide bonds. The van der Waals surface area contributed by atoms with Crippen LogP contribution in [-0.2, 0) is 4.79 Å². The number of nitrogens with zero attached hydrogens (tertiary/aromatic N) is 3. The molecule has 0 saturated carbocycles. The molecule has 1 fully saturated rings. The number of carbonyl (C=O) groups is 2. The molecule has 0 aliphatic carbocycles. The highest BCUT2D eigenvalue weighted by molar-refractivity contribution is 7.18. The second kappa shape index (κ2) is 7.14. The second-order valence-electron chi connectivity index (χ2n) is 5.90. The van der Waals surface area contributed by atoms with E-state index in [1.165, 1.54) is 23.5 Å². The van der Waals surface area contributed by atoms with E-state index in [1.807, 2.05) is 6.92 Å². The summed E-state index contributed by atoms with van der Waals surface area (Å²) < 4.78 is 13.4. The first-order valence-corrected chi connectivity index (χ1v) is 8.64. The van der Waals surface area contributed by atoms with E-state index in [2.05, 4.69) is 15.5 Å². The molecule has 0 spiro atoms. The summed E-state index contributed by atoms with van der Waals surface area (Å²) in [5.41, 5.74) is 1.51. The SMILES string of the molecule is Cc1ccc(F)cc1-c1nnc(NC(=O)N2CCC(C(=O)O)CC2)s1. The molecular formula is C16H17FN4O3S. The van der Waals surface area contributed by atoms with Crippen LogP contribution in [-0.4, -0.2) is 45.3 Å². The third-order valence-corrected chi connectivity index (χ3v) is 5.07. The number of benzene rings is 1. The van der Waals surface area contributed by atoms with Crippen molar-refractivity contribution in [2.24, 2.45) is 5.92 Å². The molecule has 0 bridgehead atoms. The summed E-state index contributed by atoms with van der Waals surface area (Å²) in [6.45, 7) is 2.62. The average Bonchev–Trinajstić information content (AvgIpc) is 3.05. The second-order valence-corrected chi connectivity index (χ2v) is 6.88. The number of amides is 2. The molecule has 132 valence electrons. The fourth-order valence-electron chi connectivity index (χ4n) is 2.71. The van der Waals surface area contributed by atoms with Gasteiger partial charge in [-0.25, -0.2) is 9.18 Å². The number of carbonyl (C=O) groups excluding carboxylic acids is 1. The topological polar surface area (TPSA) is 95.4 Å². The van der Waals surface area contributed by atoms with Gasteiger partial charge in [0.15, 0.2) is 0 Å². The van der Waals surface area contributed by atoms with Crippen molar-refractivity contribution in [2.75, 3.05) is 18.4 Å². The van der Waals surface area contributed by atoms with Gasteiger partial charge in [0.2, 0.25) is 5.13 Å². The van der Waals surface area contributed by atoms with Crippen LogP contribution in [0.3, 0.4) is 0 Å². The summed E-state index contributed by atoms with van der Waals surface area (Å²) in [5.74, 6) is -1.57. The van der Waals surface area contributed by atoms with Gasteiger partial charge in [-0.05, 0) is 37.5 Å². The summed E-state index contributed by atoms with van der Waals surface area (Å²) in [5, 5.41) is 20.5.